The molecule has 0 fully saturated rings. The molecule has 1 heterocycles. The molecule has 0 saturated carbocycles. The van der Waals surface area contributed by atoms with E-state index in [0.29, 0.717) is 0 Å². The Hall–Kier alpha value is -1.70. The van der Waals surface area contributed by atoms with Crippen molar-refractivity contribution in [3.63, 3.8) is 0 Å². The Labute approximate surface area is 125 Å². The van der Waals surface area contributed by atoms with Crippen molar-refractivity contribution < 1.29 is 8.42 Å². The second kappa shape index (κ2) is 6.84. The summed E-state index contributed by atoms with van der Waals surface area (Å²) in [5.74, 6) is -0.0263. The van der Waals surface area contributed by atoms with E-state index >= 15 is 0 Å². The maximum absolute atomic E-state index is 12.1. The third-order valence-electron chi connectivity index (χ3n) is 3.15. The average molecular weight is 308 g/mol. The summed E-state index contributed by atoms with van der Waals surface area (Å²) in [7, 11) is -1.51. The summed E-state index contributed by atoms with van der Waals surface area (Å²) in [6, 6.07) is 7.56. The molecule has 0 saturated heterocycles. The van der Waals surface area contributed by atoms with Gasteiger partial charge in [-0.1, -0.05) is 24.3 Å². The molecule has 7 heteroatoms. The van der Waals surface area contributed by atoms with Gasteiger partial charge in [-0.2, -0.15) is 5.10 Å². The molecular formula is C14H20N4O2S. The Kier molecular flexibility index (Phi) is 5.11. The van der Waals surface area contributed by atoms with Crippen LogP contribution in [0.5, 0.6) is 0 Å². The highest BCUT2D eigenvalue weighted by molar-refractivity contribution is 7.88. The van der Waals surface area contributed by atoms with E-state index in [9.17, 15) is 8.42 Å². The first-order chi connectivity index (χ1) is 10.00. The predicted molar refractivity (Wildman–Crippen MR) is 82.0 cm³/mol. The second-order valence-electron chi connectivity index (χ2n) is 4.95. The van der Waals surface area contributed by atoms with Crippen LogP contribution in [0.15, 0.2) is 30.5 Å². The minimum atomic E-state index is -3.37. The fourth-order valence-electron chi connectivity index (χ4n) is 2.05. The van der Waals surface area contributed by atoms with Gasteiger partial charge in [-0.05, 0) is 25.1 Å². The van der Waals surface area contributed by atoms with E-state index in [0.717, 1.165) is 28.9 Å². The molecule has 6 nitrogen and oxygen atoms in total. The lowest BCUT2D eigenvalue weighted by Crippen LogP contribution is -2.25. The molecule has 0 aliphatic carbocycles. The van der Waals surface area contributed by atoms with Crippen LogP contribution in [-0.2, 0) is 28.9 Å². The van der Waals surface area contributed by atoms with E-state index in [-0.39, 0.29) is 12.3 Å². The van der Waals surface area contributed by atoms with Crippen LogP contribution in [0.3, 0.4) is 0 Å². The molecule has 1 aromatic carbocycles. The number of nitrogens with zero attached hydrogens (tertiary/aromatic N) is 1. The van der Waals surface area contributed by atoms with E-state index < -0.39 is 10.0 Å². The number of sulfonamides is 1. The van der Waals surface area contributed by atoms with Crippen molar-refractivity contribution >= 4 is 10.0 Å². The van der Waals surface area contributed by atoms with E-state index in [4.69, 9.17) is 0 Å². The highest BCUT2D eigenvalue weighted by Crippen LogP contribution is 2.10. The highest BCUT2D eigenvalue weighted by Gasteiger charge is 2.12. The zero-order valence-electron chi connectivity index (χ0n) is 12.2. The Balaban J connectivity index is 2.00. The van der Waals surface area contributed by atoms with Crippen LogP contribution in [0.1, 0.15) is 22.4 Å². The van der Waals surface area contributed by atoms with Crippen molar-refractivity contribution in [3.8, 4) is 0 Å². The number of H-pyrrole nitrogens is 1. The van der Waals surface area contributed by atoms with E-state index in [2.05, 4.69) is 20.2 Å². The molecule has 0 aliphatic rings. The normalized spacial score (nSPS) is 11.7. The third-order valence-corrected chi connectivity index (χ3v) is 4.44. The molecule has 0 aliphatic heterocycles. The molecule has 3 N–H and O–H groups in total. The number of nitrogens with one attached hydrogen (secondary N) is 3. The molecule has 2 rings (SSSR count). The lowest BCUT2D eigenvalue weighted by molar-refractivity contribution is 0.580. The quantitative estimate of drug-likeness (QED) is 0.714. The fourth-order valence-corrected chi connectivity index (χ4v) is 3.14. The Morgan fingerprint density at radius 1 is 1.24 bits per heavy atom. The van der Waals surface area contributed by atoms with Crippen molar-refractivity contribution in [3.05, 3.63) is 52.8 Å². The van der Waals surface area contributed by atoms with Crippen LogP contribution in [0.4, 0.5) is 0 Å². The average Bonchev–Trinajstić information content (AvgIpc) is 2.82. The summed E-state index contributed by atoms with van der Waals surface area (Å²) in [6.07, 6.45) is 1.63. The molecule has 0 atom stereocenters. The smallest absolute Gasteiger partial charge is 0.216 e. The first-order valence-electron chi connectivity index (χ1n) is 6.69. The predicted octanol–water partition coefficient (Wildman–Crippen LogP) is 1.06. The van der Waals surface area contributed by atoms with Crippen molar-refractivity contribution in [1.29, 1.82) is 0 Å². The Morgan fingerprint density at radius 2 is 2.00 bits per heavy atom. The number of aryl methyl sites for hydroxylation is 1. The number of aromatic nitrogens is 2. The summed E-state index contributed by atoms with van der Waals surface area (Å²) in [5, 5.41) is 9.70. The van der Waals surface area contributed by atoms with Crippen molar-refractivity contribution in [2.45, 2.75) is 25.8 Å². The third kappa shape index (κ3) is 4.66. The highest BCUT2D eigenvalue weighted by atomic mass is 32.2. The monoisotopic (exact) mass is 308 g/mol. The van der Waals surface area contributed by atoms with Crippen molar-refractivity contribution in [2.24, 2.45) is 0 Å². The van der Waals surface area contributed by atoms with Crippen LogP contribution >= 0.6 is 0 Å². The van der Waals surface area contributed by atoms with Gasteiger partial charge in [0.25, 0.3) is 0 Å². The van der Waals surface area contributed by atoms with Gasteiger partial charge >= 0.3 is 0 Å². The van der Waals surface area contributed by atoms with Gasteiger partial charge in [0.15, 0.2) is 0 Å². The van der Waals surface area contributed by atoms with Gasteiger partial charge in [-0.15, -0.1) is 0 Å². The zero-order chi connectivity index (χ0) is 15.3. The molecular weight excluding hydrogens is 288 g/mol. The first-order valence-corrected chi connectivity index (χ1v) is 8.34. The summed E-state index contributed by atoms with van der Waals surface area (Å²) in [4.78, 5) is 0. The minimum Gasteiger partial charge on any atom is -0.316 e. The van der Waals surface area contributed by atoms with Gasteiger partial charge in [-0.3, -0.25) is 5.10 Å². The Morgan fingerprint density at radius 3 is 2.67 bits per heavy atom. The van der Waals surface area contributed by atoms with Crippen molar-refractivity contribution in [2.75, 3.05) is 7.05 Å². The first kappa shape index (κ1) is 15.7. The maximum atomic E-state index is 12.1. The van der Waals surface area contributed by atoms with Gasteiger partial charge < -0.3 is 5.32 Å². The number of benzene rings is 1. The van der Waals surface area contributed by atoms with E-state index in [1.807, 2.05) is 38.2 Å². The van der Waals surface area contributed by atoms with Gasteiger partial charge in [0, 0.05) is 24.3 Å². The fraction of sp³-hybridized carbons (Fsp3) is 0.357. The molecule has 1 aromatic heterocycles. The SMILES string of the molecule is CNCc1cccc(CS(=O)(=O)NCc2cn[nH]c2C)c1. The Bertz CT molecular complexity index is 695. The molecule has 114 valence electrons. The van der Waals surface area contributed by atoms with Gasteiger partial charge in [-0.25, -0.2) is 13.1 Å². The molecule has 21 heavy (non-hydrogen) atoms. The van der Waals surface area contributed by atoms with Gasteiger partial charge in [0.2, 0.25) is 10.0 Å². The molecule has 0 radical (unpaired) electrons. The maximum Gasteiger partial charge on any atom is 0.216 e. The number of rotatable bonds is 7. The van der Waals surface area contributed by atoms with E-state index in [1.165, 1.54) is 0 Å². The largest absolute Gasteiger partial charge is 0.316 e. The lowest BCUT2D eigenvalue weighted by atomic mass is 10.1. The summed E-state index contributed by atoms with van der Waals surface area (Å²) in [5.41, 5.74) is 3.56. The van der Waals surface area contributed by atoms with Crippen LogP contribution in [-0.4, -0.2) is 25.7 Å². The second-order valence-corrected chi connectivity index (χ2v) is 6.76. The standard InChI is InChI=1S/C14H20N4O2S/c1-11-14(8-16-18-11)9-17-21(19,20)10-13-5-3-4-12(6-13)7-15-2/h3-6,8,15,17H,7,9-10H2,1-2H3,(H,16,18). The summed E-state index contributed by atoms with van der Waals surface area (Å²) >= 11 is 0. The molecule has 0 spiro atoms. The van der Waals surface area contributed by atoms with Crippen molar-refractivity contribution in [1.82, 2.24) is 20.2 Å². The molecule has 0 bridgehead atoms. The topological polar surface area (TPSA) is 86.9 Å². The van der Waals surface area contributed by atoms with Crippen LogP contribution in [0.25, 0.3) is 0 Å². The van der Waals surface area contributed by atoms with Crippen LogP contribution in [0.2, 0.25) is 0 Å². The molecule has 0 unspecified atom stereocenters. The molecule has 2 aromatic rings. The lowest BCUT2D eigenvalue weighted by Gasteiger charge is -2.08. The van der Waals surface area contributed by atoms with E-state index in [1.54, 1.807) is 6.20 Å². The van der Waals surface area contributed by atoms with Gasteiger partial charge in [0.05, 0.1) is 11.9 Å². The van der Waals surface area contributed by atoms with Gasteiger partial charge in [0.1, 0.15) is 0 Å². The number of hydrogen-bond acceptors (Lipinski definition) is 4. The molecule has 0 amide bonds. The summed E-state index contributed by atoms with van der Waals surface area (Å²) < 4.78 is 26.8. The zero-order valence-corrected chi connectivity index (χ0v) is 13.0. The minimum absolute atomic E-state index is 0.0263. The summed E-state index contributed by atoms with van der Waals surface area (Å²) in [6.45, 7) is 2.83. The van der Waals surface area contributed by atoms with Crippen LogP contribution in [0, 0.1) is 6.92 Å². The number of aromatic amines is 1. The van der Waals surface area contributed by atoms with Crippen LogP contribution < -0.4 is 10.0 Å². The number of hydrogen-bond donors (Lipinski definition) is 3.